The molecular formula is C10H13FO2S2. The van der Waals surface area contributed by atoms with E-state index in [-0.39, 0.29) is 5.75 Å². The van der Waals surface area contributed by atoms with Gasteiger partial charge in [-0.15, -0.1) is 15.6 Å². The highest BCUT2D eigenvalue weighted by molar-refractivity contribution is 7.99. The van der Waals surface area contributed by atoms with Gasteiger partial charge in [0.25, 0.3) is 0 Å². The molecular weight excluding hydrogens is 235 g/mol. The number of hydrogen-bond acceptors (Lipinski definition) is 3. The third-order valence-electron chi connectivity index (χ3n) is 1.79. The third kappa shape index (κ3) is 6.52. The van der Waals surface area contributed by atoms with Gasteiger partial charge in [0.1, 0.15) is 0 Å². The van der Waals surface area contributed by atoms with Crippen molar-refractivity contribution in [2.45, 2.75) is 17.7 Å². The number of rotatable bonds is 6. The fourth-order valence-electron chi connectivity index (χ4n) is 1.08. The number of thioether (sulfide) groups is 1. The zero-order valence-corrected chi connectivity index (χ0v) is 9.86. The summed E-state index contributed by atoms with van der Waals surface area (Å²) in [6.07, 6.45) is 1.10. The van der Waals surface area contributed by atoms with Gasteiger partial charge in [-0.05, 0) is 30.7 Å². The minimum absolute atomic E-state index is 0.359. The lowest BCUT2D eigenvalue weighted by molar-refractivity contribution is 0.549. The number of benzene rings is 1. The fourth-order valence-corrected chi connectivity index (χ4v) is 2.57. The lowest BCUT2D eigenvalue weighted by atomic mass is 10.4. The third-order valence-corrected chi connectivity index (χ3v) is 3.67. The molecule has 0 N–H and O–H groups in total. The first-order valence-electron chi connectivity index (χ1n) is 4.68. The van der Waals surface area contributed by atoms with Crippen LogP contribution in [0, 0.1) is 0 Å². The van der Waals surface area contributed by atoms with Crippen molar-refractivity contribution in [2.24, 2.45) is 0 Å². The second kappa shape index (κ2) is 6.12. The molecule has 0 aromatic heterocycles. The number of unbranched alkanes of at least 4 members (excludes halogenated alkanes) is 1. The van der Waals surface area contributed by atoms with E-state index < -0.39 is 10.2 Å². The van der Waals surface area contributed by atoms with Crippen molar-refractivity contribution >= 4 is 22.0 Å². The predicted molar refractivity (Wildman–Crippen MR) is 61.3 cm³/mol. The van der Waals surface area contributed by atoms with E-state index in [0.29, 0.717) is 12.8 Å². The van der Waals surface area contributed by atoms with Gasteiger partial charge in [0.2, 0.25) is 0 Å². The average Bonchev–Trinajstić information content (AvgIpc) is 2.17. The quantitative estimate of drug-likeness (QED) is 0.441. The molecule has 0 spiro atoms. The first kappa shape index (κ1) is 12.5. The van der Waals surface area contributed by atoms with Crippen LogP contribution in [0.4, 0.5) is 3.89 Å². The van der Waals surface area contributed by atoms with Crippen molar-refractivity contribution in [2.75, 3.05) is 11.5 Å². The molecule has 0 radical (unpaired) electrons. The molecule has 0 fully saturated rings. The Labute approximate surface area is 94.1 Å². The molecule has 0 unspecified atom stereocenters. The summed E-state index contributed by atoms with van der Waals surface area (Å²) in [5, 5.41) is 0. The normalized spacial score (nSPS) is 11.5. The molecule has 1 aromatic rings. The molecule has 2 nitrogen and oxygen atoms in total. The van der Waals surface area contributed by atoms with Crippen LogP contribution in [-0.2, 0) is 10.2 Å². The van der Waals surface area contributed by atoms with Crippen LogP contribution in [0.1, 0.15) is 12.8 Å². The molecule has 5 heteroatoms. The van der Waals surface area contributed by atoms with Gasteiger partial charge in [-0.3, -0.25) is 0 Å². The molecule has 15 heavy (non-hydrogen) atoms. The van der Waals surface area contributed by atoms with Crippen molar-refractivity contribution in [3.05, 3.63) is 30.3 Å². The van der Waals surface area contributed by atoms with Gasteiger partial charge < -0.3 is 0 Å². The van der Waals surface area contributed by atoms with Crippen molar-refractivity contribution in [3.8, 4) is 0 Å². The lowest BCUT2D eigenvalue weighted by Gasteiger charge is -2.00. The van der Waals surface area contributed by atoms with E-state index >= 15 is 0 Å². The molecule has 0 saturated carbocycles. The molecule has 0 bridgehead atoms. The fraction of sp³-hybridized carbons (Fsp3) is 0.400. The van der Waals surface area contributed by atoms with Gasteiger partial charge in [0, 0.05) is 4.90 Å². The van der Waals surface area contributed by atoms with Crippen molar-refractivity contribution in [1.82, 2.24) is 0 Å². The number of halogens is 1. The zero-order chi connectivity index (χ0) is 11.1. The van der Waals surface area contributed by atoms with Gasteiger partial charge in [0.05, 0.1) is 5.75 Å². The van der Waals surface area contributed by atoms with Gasteiger partial charge >= 0.3 is 10.2 Å². The maximum Gasteiger partial charge on any atom is 0.302 e. The van der Waals surface area contributed by atoms with Crippen molar-refractivity contribution < 1.29 is 12.3 Å². The molecule has 0 amide bonds. The Hall–Kier alpha value is -0.550. The van der Waals surface area contributed by atoms with Gasteiger partial charge in [-0.1, -0.05) is 18.2 Å². The van der Waals surface area contributed by atoms with Crippen molar-refractivity contribution in [3.63, 3.8) is 0 Å². The van der Waals surface area contributed by atoms with Crippen LogP contribution >= 0.6 is 11.8 Å². The van der Waals surface area contributed by atoms with E-state index in [4.69, 9.17) is 0 Å². The highest BCUT2D eigenvalue weighted by atomic mass is 32.3. The van der Waals surface area contributed by atoms with E-state index in [0.717, 1.165) is 10.6 Å². The Kier molecular flexibility index (Phi) is 5.11. The monoisotopic (exact) mass is 248 g/mol. The highest BCUT2D eigenvalue weighted by Crippen LogP contribution is 2.18. The number of hydrogen-bond donors (Lipinski definition) is 0. The molecule has 0 saturated heterocycles. The molecule has 0 aliphatic carbocycles. The Morgan fingerprint density at radius 1 is 1.13 bits per heavy atom. The highest BCUT2D eigenvalue weighted by Gasteiger charge is 2.05. The van der Waals surface area contributed by atoms with Crippen LogP contribution in [0.3, 0.4) is 0 Å². The minimum Gasteiger partial charge on any atom is -0.195 e. The maximum absolute atomic E-state index is 12.1. The summed E-state index contributed by atoms with van der Waals surface area (Å²) in [5.41, 5.74) is 0. The Morgan fingerprint density at radius 2 is 1.80 bits per heavy atom. The summed E-state index contributed by atoms with van der Waals surface area (Å²) >= 11 is 1.65. The maximum atomic E-state index is 12.1. The molecule has 0 aliphatic rings. The summed E-state index contributed by atoms with van der Waals surface area (Å²) in [6.45, 7) is 0. The summed E-state index contributed by atoms with van der Waals surface area (Å²) in [7, 11) is -4.28. The Balaban J connectivity index is 2.13. The van der Waals surface area contributed by atoms with E-state index in [9.17, 15) is 12.3 Å². The summed E-state index contributed by atoms with van der Waals surface area (Å²) in [5.74, 6) is 0.460. The van der Waals surface area contributed by atoms with Crippen LogP contribution < -0.4 is 0 Å². The lowest BCUT2D eigenvalue weighted by Crippen LogP contribution is -1.98. The standard InChI is InChI=1S/C10H13FO2S2/c11-15(12,13)9-5-4-8-14-10-6-2-1-3-7-10/h1-3,6-7H,4-5,8-9H2. The Morgan fingerprint density at radius 3 is 2.40 bits per heavy atom. The van der Waals surface area contributed by atoms with Crippen molar-refractivity contribution in [1.29, 1.82) is 0 Å². The SMILES string of the molecule is O=S(=O)(F)CCCCSc1ccccc1. The van der Waals surface area contributed by atoms with E-state index in [1.165, 1.54) is 0 Å². The first-order chi connectivity index (χ1) is 7.08. The van der Waals surface area contributed by atoms with Crippen LogP contribution in [0.25, 0.3) is 0 Å². The molecule has 0 atom stereocenters. The molecule has 0 aliphatic heterocycles. The Bertz CT molecular complexity index is 376. The minimum atomic E-state index is -4.28. The van der Waals surface area contributed by atoms with E-state index in [1.807, 2.05) is 30.3 Å². The van der Waals surface area contributed by atoms with Crippen LogP contribution in [0.15, 0.2) is 35.2 Å². The summed E-state index contributed by atoms with van der Waals surface area (Å²) < 4.78 is 32.5. The van der Waals surface area contributed by atoms with Crippen LogP contribution in [0.2, 0.25) is 0 Å². The van der Waals surface area contributed by atoms with Crippen LogP contribution in [-0.4, -0.2) is 19.9 Å². The van der Waals surface area contributed by atoms with Gasteiger partial charge in [0.15, 0.2) is 0 Å². The first-order valence-corrected chi connectivity index (χ1v) is 7.22. The topological polar surface area (TPSA) is 34.1 Å². The van der Waals surface area contributed by atoms with E-state index in [2.05, 4.69) is 0 Å². The molecule has 0 heterocycles. The van der Waals surface area contributed by atoms with E-state index in [1.54, 1.807) is 11.8 Å². The molecule has 1 rings (SSSR count). The summed E-state index contributed by atoms with van der Waals surface area (Å²) in [4.78, 5) is 1.15. The average molecular weight is 248 g/mol. The molecule has 84 valence electrons. The second-order valence-electron chi connectivity index (χ2n) is 3.11. The smallest absolute Gasteiger partial charge is 0.195 e. The zero-order valence-electron chi connectivity index (χ0n) is 8.23. The van der Waals surface area contributed by atoms with Crippen LogP contribution in [0.5, 0.6) is 0 Å². The van der Waals surface area contributed by atoms with Gasteiger partial charge in [-0.25, -0.2) is 0 Å². The van der Waals surface area contributed by atoms with Gasteiger partial charge in [-0.2, -0.15) is 8.42 Å². The largest absolute Gasteiger partial charge is 0.302 e. The second-order valence-corrected chi connectivity index (χ2v) is 5.77. The molecule has 1 aromatic carbocycles. The predicted octanol–water partition coefficient (Wildman–Crippen LogP) is 2.86. The summed E-state index contributed by atoms with van der Waals surface area (Å²) in [6, 6.07) is 9.84.